The number of thiophene rings is 2. The van der Waals surface area contributed by atoms with Crippen molar-refractivity contribution in [1.29, 1.82) is 5.41 Å². The van der Waals surface area contributed by atoms with Crippen LogP contribution in [0, 0.1) is 5.41 Å². The number of amides is 1. The monoisotopic (exact) mass is 657 g/mol. The lowest BCUT2D eigenvalue weighted by molar-refractivity contribution is 0.0958. The molecule has 0 aliphatic heterocycles. The van der Waals surface area contributed by atoms with Gasteiger partial charge in [-0.1, -0.05) is 61.3 Å². The van der Waals surface area contributed by atoms with Crippen LogP contribution in [0.5, 0.6) is 0 Å². The van der Waals surface area contributed by atoms with Crippen molar-refractivity contribution in [2.24, 2.45) is 11.6 Å². The van der Waals surface area contributed by atoms with E-state index < -0.39 is 0 Å². The number of hydrogen-bond donors (Lipinski definition) is 5. The predicted molar refractivity (Wildman–Crippen MR) is 172 cm³/mol. The molecule has 14 heteroatoms. The number of carbonyl (C=O) groups excluding carboxylic acids is 1. The average Bonchev–Trinajstić information content (AvgIpc) is 3.66. The summed E-state index contributed by atoms with van der Waals surface area (Å²) >= 11 is 25.9. The molecule has 8 nitrogen and oxygen atoms in total. The molecular formula is C26H27Cl4N7OS2. The SMILES string of the molecule is C.C.Clc1ccc(-c2n[nH]c(-c3sccc3Cl)n2)cc1.N=C(N)c1ccc(Cl)cc1.NNC(=O)c1sccc1Cl. The number of nitrogens with two attached hydrogens (primary N) is 2. The molecule has 5 rings (SSSR count). The van der Waals surface area contributed by atoms with Crippen LogP contribution in [0.4, 0.5) is 0 Å². The summed E-state index contributed by atoms with van der Waals surface area (Å²) in [5, 5.41) is 20.2. The molecule has 5 aromatic rings. The molecule has 212 valence electrons. The van der Waals surface area contributed by atoms with Gasteiger partial charge in [0.15, 0.2) is 11.6 Å². The quantitative estimate of drug-likeness (QED) is 0.0432. The largest absolute Gasteiger partial charge is 0.384 e. The van der Waals surface area contributed by atoms with E-state index in [1.165, 1.54) is 22.7 Å². The second-order valence-corrected chi connectivity index (χ2v) is 10.6. The van der Waals surface area contributed by atoms with E-state index >= 15 is 0 Å². The number of aromatic nitrogens is 3. The highest BCUT2D eigenvalue weighted by Gasteiger charge is 2.11. The van der Waals surface area contributed by atoms with Crippen LogP contribution in [0.3, 0.4) is 0 Å². The number of nitrogen functional groups attached to an aromatic ring is 2. The number of amidine groups is 1. The first-order valence-corrected chi connectivity index (χ1v) is 13.7. The van der Waals surface area contributed by atoms with Crippen molar-refractivity contribution in [2.45, 2.75) is 14.9 Å². The van der Waals surface area contributed by atoms with Gasteiger partial charge >= 0.3 is 0 Å². The number of nitrogens with one attached hydrogen (secondary N) is 3. The minimum absolute atomic E-state index is 0. The van der Waals surface area contributed by atoms with Gasteiger partial charge in [-0.3, -0.25) is 20.7 Å². The van der Waals surface area contributed by atoms with Crippen LogP contribution < -0.4 is 17.0 Å². The van der Waals surface area contributed by atoms with E-state index in [-0.39, 0.29) is 26.6 Å². The molecule has 0 fully saturated rings. The molecule has 3 aromatic heterocycles. The minimum Gasteiger partial charge on any atom is -0.384 e. The first kappa shape index (κ1) is 35.1. The van der Waals surface area contributed by atoms with Gasteiger partial charge in [0.2, 0.25) is 0 Å². The first-order chi connectivity index (χ1) is 18.2. The standard InChI is InChI=1S/C12H7Cl2N3S.C7H7ClN2.C5H5ClN2OS.2CH4/c13-8-3-1-7(2-4-8)11-15-12(17-16-11)10-9(14)5-6-18-10;8-6-3-1-5(2-4-6)7(9)10;6-3-1-2-10-4(3)5(9)8-7;;/h1-6H,(H,15,16,17);1-4H,(H3,9,10);1-2H,7H2,(H,8,9);2*1H4. The van der Waals surface area contributed by atoms with Crippen molar-refractivity contribution < 1.29 is 4.79 Å². The first-order valence-electron chi connectivity index (χ1n) is 10.4. The molecule has 40 heavy (non-hydrogen) atoms. The maximum atomic E-state index is 10.8. The third-order valence-corrected chi connectivity index (χ3v) is 7.72. The van der Waals surface area contributed by atoms with Gasteiger partial charge in [0, 0.05) is 21.2 Å². The average molecular weight is 659 g/mol. The summed E-state index contributed by atoms with van der Waals surface area (Å²) in [7, 11) is 0. The second kappa shape index (κ2) is 17.0. The van der Waals surface area contributed by atoms with Gasteiger partial charge in [-0.05, 0) is 71.4 Å². The van der Waals surface area contributed by atoms with E-state index in [9.17, 15) is 4.79 Å². The predicted octanol–water partition coefficient (Wildman–Crippen LogP) is 8.41. The molecule has 0 unspecified atom stereocenters. The van der Waals surface area contributed by atoms with Gasteiger partial charge in [0.1, 0.15) is 10.7 Å². The lowest BCUT2D eigenvalue weighted by atomic mass is 10.2. The molecule has 0 bridgehead atoms. The maximum Gasteiger partial charge on any atom is 0.276 e. The van der Waals surface area contributed by atoms with E-state index in [1.54, 1.807) is 35.7 Å². The van der Waals surface area contributed by atoms with E-state index in [1.807, 2.05) is 41.1 Å². The van der Waals surface area contributed by atoms with Crippen LogP contribution in [0.25, 0.3) is 22.1 Å². The van der Waals surface area contributed by atoms with Crippen molar-refractivity contribution in [3.8, 4) is 22.1 Å². The molecule has 0 aliphatic rings. The highest BCUT2D eigenvalue weighted by Crippen LogP contribution is 2.31. The van der Waals surface area contributed by atoms with Crippen LogP contribution in [-0.4, -0.2) is 26.9 Å². The Morgan fingerprint density at radius 3 is 1.88 bits per heavy atom. The van der Waals surface area contributed by atoms with Gasteiger partial charge in [-0.2, -0.15) is 5.10 Å². The molecule has 0 saturated carbocycles. The summed E-state index contributed by atoms with van der Waals surface area (Å²) < 4.78 is 0. The van der Waals surface area contributed by atoms with Gasteiger partial charge in [-0.25, -0.2) is 10.8 Å². The fourth-order valence-electron chi connectivity index (χ4n) is 2.70. The number of rotatable bonds is 4. The lowest BCUT2D eigenvalue weighted by Crippen LogP contribution is -2.29. The highest BCUT2D eigenvalue weighted by atomic mass is 35.5. The fraction of sp³-hybridized carbons (Fsp3) is 0.0769. The second-order valence-electron chi connectivity index (χ2n) is 7.10. The molecule has 7 N–H and O–H groups in total. The highest BCUT2D eigenvalue weighted by molar-refractivity contribution is 7.14. The van der Waals surface area contributed by atoms with Gasteiger partial charge in [0.05, 0.1) is 14.9 Å². The summed E-state index contributed by atoms with van der Waals surface area (Å²) in [5.74, 6) is 5.91. The number of nitrogens with zero attached hydrogens (tertiary/aromatic N) is 2. The van der Waals surface area contributed by atoms with Crippen molar-refractivity contribution in [2.75, 3.05) is 0 Å². The number of H-pyrrole nitrogens is 1. The van der Waals surface area contributed by atoms with Gasteiger partial charge < -0.3 is 5.73 Å². The number of benzene rings is 2. The summed E-state index contributed by atoms with van der Waals surface area (Å²) in [6, 6.07) is 17.7. The van der Waals surface area contributed by atoms with Gasteiger partial charge in [-0.15, -0.1) is 22.7 Å². The van der Waals surface area contributed by atoms with Crippen LogP contribution in [0.2, 0.25) is 20.1 Å². The molecular weight excluding hydrogens is 632 g/mol. The summed E-state index contributed by atoms with van der Waals surface area (Å²) in [6.07, 6.45) is 0. The fourth-order valence-corrected chi connectivity index (χ4v) is 5.09. The summed E-state index contributed by atoms with van der Waals surface area (Å²) in [5.41, 5.74) is 8.81. The number of hydrogen-bond acceptors (Lipinski definition) is 7. The molecule has 1 amide bonds. The Balaban J connectivity index is 0.000000315. The Hall–Kier alpha value is -2.96. The van der Waals surface area contributed by atoms with E-state index in [2.05, 4.69) is 15.2 Å². The molecule has 3 heterocycles. The van der Waals surface area contributed by atoms with Crippen molar-refractivity contribution in [3.05, 3.63) is 102 Å². The molecule has 0 saturated heterocycles. The Morgan fingerprint density at radius 1 is 0.850 bits per heavy atom. The van der Waals surface area contributed by atoms with Gasteiger partial charge in [0.25, 0.3) is 5.91 Å². The van der Waals surface area contributed by atoms with Crippen LogP contribution in [0.1, 0.15) is 30.1 Å². The third kappa shape index (κ3) is 9.90. The van der Waals surface area contributed by atoms with Crippen molar-refractivity contribution >= 4 is 80.8 Å². The van der Waals surface area contributed by atoms with Crippen molar-refractivity contribution in [3.63, 3.8) is 0 Å². The minimum atomic E-state index is -0.347. The van der Waals surface area contributed by atoms with Crippen molar-refractivity contribution in [1.82, 2.24) is 20.6 Å². The normalized spacial score (nSPS) is 9.53. The number of halogens is 4. The third-order valence-electron chi connectivity index (χ3n) is 4.53. The molecule has 0 radical (unpaired) electrons. The van der Waals surface area contributed by atoms with E-state index in [4.69, 9.17) is 63.4 Å². The smallest absolute Gasteiger partial charge is 0.276 e. The van der Waals surface area contributed by atoms with E-state index in [0.29, 0.717) is 42.2 Å². The topological polar surface area (TPSA) is 147 Å². The van der Waals surface area contributed by atoms with E-state index in [0.717, 1.165) is 10.4 Å². The lowest BCUT2D eigenvalue weighted by Gasteiger charge is -1.95. The Kier molecular flexibility index (Phi) is 14.9. The Morgan fingerprint density at radius 2 is 1.40 bits per heavy atom. The van der Waals surface area contributed by atoms with Crippen LogP contribution in [0.15, 0.2) is 71.4 Å². The molecule has 0 spiro atoms. The number of hydrazine groups is 1. The maximum absolute atomic E-state index is 10.8. The Bertz CT molecular complexity index is 1500. The number of carbonyl (C=O) groups is 1. The molecule has 0 atom stereocenters. The summed E-state index contributed by atoms with van der Waals surface area (Å²) in [4.78, 5) is 16.6. The number of aromatic amines is 1. The zero-order chi connectivity index (χ0) is 27.7. The zero-order valence-electron chi connectivity index (χ0n) is 19.2. The summed E-state index contributed by atoms with van der Waals surface area (Å²) in [6.45, 7) is 0. The zero-order valence-corrected chi connectivity index (χ0v) is 23.9. The molecule has 2 aromatic carbocycles. The van der Waals surface area contributed by atoms with Crippen LogP contribution >= 0.6 is 69.1 Å². The van der Waals surface area contributed by atoms with Crippen LogP contribution in [-0.2, 0) is 0 Å². The molecule has 0 aliphatic carbocycles. The Labute approximate surface area is 260 Å².